The number of nitrogens with zero attached hydrogens (tertiary/aromatic N) is 1. The molecule has 0 spiro atoms. The zero-order valence-corrected chi connectivity index (χ0v) is 14.1. The molecular formula is C21H14N2O4. The van der Waals surface area contributed by atoms with Crippen LogP contribution in [0.2, 0.25) is 0 Å². The first-order chi connectivity index (χ1) is 13.2. The van der Waals surface area contributed by atoms with Gasteiger partial charge in [-0.05, 0) is 30.3 Å². The van der Waals surface area contributed by atoms with Crippen molar-refractivity contribution in [3.8, 4) is 17.6 Å². The van der Waals surface area contributed by atoms with E-state index in [1.807, 2.05) is 6.07 Å². The Morgan fingerprint density at radius 3 is 2.63 bits per heavy atom. The maximum atomic E-state index is 12.2. The van der Waals surface area contributed by atoms with Crippen LogP contribution < -0.4 is 15.2 Å². The summed E-state index contributed by atoms with van der Waals surface area (Å²) < 4.78 is 16.5. The maximum absolute atomic E-state index is 12.2. The van der Waals surface area contributed by atoms with Crippen LogP contribution in [0.3, 0.4) is 0 Å². The molecule has 2 aromatic carbocycles. The van der Waals surface area contributed by atoms with E-state index in [-0.39, 0.29) is 11.5 Å². The highest BCUT2D eigenvalue weighted by Gasteiger charge is 2.32. The molecule has 0 bridgehead atoms. The van der Waals surface area contributed by atoms with Gasteiger partial charge in [-0.2, -0.15) is 5.26 Å². The summed E-state index contributed by atoms with van der Waals surface area (Å²) in [6, 6.07) is 19.2. The fraction of sp³-hybridized carbons (Fsp3) is 0.0476. The lowest BCUT2D eigenvalue weighted by atomic mass is 9.87. The Balaban J connectivity index is 1.69. The fourth-order valence-electron chi connectivity index (χ4n) is 2.99. The molecule has 2 heterocycles. The maximum Gasteiger partial charge on any atom is 0.343 e. The average Bonchev–Trinajstić information content (AvgIpc) is 3.22. The van der Waals surface area contributed by atoms with Crippen LogP contribution in [0.4, 0.5) is 0 Å². The van der Waals surface area contributed by atoms with Crippen molar-refractivity contribution >= 4 is 5.97 Å². The first-order valence-electron chi connectivity index (χ1n) is 8.19. The standard InChI is InChI=1S/C21H14N2O4/c22-12-16-19(17-7-4-10-25-17)15-9-8-14(11-18(15)27-20(16)23)26-21(24)13-5-2-1-3-6-13/h1-11,19H,23H2. The van der Waals surface area contributed by atoms with Gasteiger partial charge < -0.3 is 19.6 Å². The number of fused-ring (bicyclic) bond motifs is 1. The molecule has 2 N–H and O–H groups in total. The van der Waals surface area contributed by atoms with E-state index in [4.69, 9.17) is 19.6 Å². The summed E-state index contributed by atoms with van der Waals surface area (Å²) >= 11 is 0. The van der Waals surface area contributed by atoms with Gasteiger partial charge in [0.2, 0.25) is 5.88 Å². The summed E-state index contributed by atoms with van der Waals surface area (Å²) in [4.78, 5) is 12.2. The molecule has 1 unspecified atom stereocenters. The highest BCUT2D eigenvalue weighted by Crippen LogP contribution is 2.43. The van der Waals surface area contributed by atoms with Crippen LogP contribution in [0.15, 0.2) is 82.8 Å². The Labute approximate surface area is 155 Å². The number of benzene rings is 2. The first kappa shape index (κ1) is 16.5. The zero-order valence-electron chi connectivity index (χ0n) is 14.1. The fourth-order valence-corrected chi connectivity index (χ4v) is 2.99. The SMILES string of the molecule is N#CC1=C(N)Oc2cc(OC(=O)c3ccccc3)ccc2C1c1ccco1. The minimum Gasteiger partial charge on any atom is -0.468 e. The predicted molar refractivity (Wildman–Crippen MR) is 95.8 cm³/mol. The van der Waals surface area contributed by atoms with Crippen molar-refractivity contribution in [2.24, 2.45) is 5.73 Å². The van der Waals surface area contributed by atoms with Gasteiger partial charge >= 0.3 is 5.97 Å². The van der Waals surface area contributed by atoms with E-state index in [0.717, 1.165) is 0 Å². The molecule has 0 radical (unpaired) electrons. The van der Waals surface area contributed by atoms with Gasteiger partial charge in [0, 0.05) is 11.6 Å². The summed E-state index contributed by atoms with van der Waals surface area (Å²) in [7, 11) is 0. The van der Waals surface area contributed by atoms with Crippen LogP contribution in [-0.4, -0.2) is 5.97 Å². The lowest BCUT2D eigenvalue weighted by Crippen LogP contribution is -2.21. The molecule has 0 saturated carbocycles. The lowest BCUT2D eigenvalue weighted by Gasteiger charge is -2.25. The minimum absolute atomic E-state index is 0.00191. The topological polar surface area (TPSA) is 98.5 Å². The third kappa shape index (κ3) is 3.02. The molecule has 1 aliphatic rings. The van der Waals surface area contributed by atoms with Crippen LogP contribution in [0.25, 0.3) is 0 Å². The molecular weight excluding hydrogens is 344 g/mol. The van der Waals surface area contributed by atoms with Crippen LogP contribution in [0.1, 0.15) is 27.6 Å². The summed E-state index contributed by atoms with van der Waals surface area (Å²) in [5, 5.41) is 9.48. The predicted octanol–water partition coefficient (Wildman–Crippen LogP) is 3.72. The van der Waals surface area contributed by atoms with E-state index in [9.17, 15) is 10.1 Å². The van der Waals surface area contributed by atoms with Crippen LogP contribution >= 0.6 is 0 Å². The number of furan rings is 1. The normalized spacial score (nSPS) is 15.4. The molecule has 6 nitrogen and oxygen atoms in total. The Kier molecular flexibility index (Phi) is 4.11. The number of carbonyl (C=O) groups is 1. The molecule has 1 atom stereocenters. The number of carbonyl (C=O) groups excluding carboxylic acids is 1. The van der Waals surface area contributed by atoms with Gasteiger partial charge in [-0.3, -0.25) is 0 Å². The monoisotopic (exact) mass is 358 g/mol. The Bertz CT molecular complexity index is 1060. The van der Waals surface area contributed by atoms with Gasteiger partial charge in [0.05, 0.1) is 17.7 Å². The zero-order chi connectivity index (χ0) is 18.8. The van der Waals surface area contributed by atoms with E-state index in [2.05, 4.69) is 6.07 Å². The first-order valence-corrected chi connectivity index (χ1v) is 8.19. The van der Waals surface area contributed by atoms with E-state index in [1.165, 1.54) is 6.26 Å². The van der Waals surface area contributed by atoms with Gasteiger partial charge in [-0.15, -0.1) is 0 Å². The molecule has 0 amide bonds. The van der Waals surface area contributed by atoms with Crippen LogP contribution in [0, 0.1) is 11.3 Å². The number of hydrogen-bond donors (Lipinski definition) is 1. The second kappa shape index (κ2) is 6.73. The van der Waals surface area contributed by atoms with E-state index >= 15 is 0 Å². The quantitative estimate of drug-likeness (QED) is 0.566. The van der Waals surface area contributed by atoms with Gasteiger partial charge in [-0.25, -0.2) is 4.79 Å². The van der Waals surface area contributed by atoms with Crippen molar-refractivity contribution in [1.82, 2.24) is 0 Å². The van der Waals surface area contributed by atoms with Crippen LogP contribution in [-0.2, 0) is 0 Å². The lowest BCUT2D eigenvalue weighted by molar-refractivity contribution is 0.0734. The Hall–Kier alpha value is -3.98. The summed E-state index contributed by atoms with van der Waals surface area (Å²) in [5.41, 5.74) is 7.34. The van der Waals surface area contributed by atoms with Crippen molar-refractivity contribution < 1.29 is 18.7 Å². The van der Waals surface area contributed by atoms with Crippen molar-refractivity contribution in [2.75, 3.05) is 0 Å². The van der Waals surface area contributed by atoms with Crippen molar-refractivity contribution in [3.63, 3.8) is 0 Å². The molecule has 132 valence electrons. The van der Waals surface area contributed by atoms with Gasteiger partial charge in [-0.1, -0.05) is 24.3 Å². The van der Waals surface area contributed by atoms with E-state index in [0.29, 0.717) is 28.4 Å². The molecule has 1 aliphatic heterocycles. The number of esters is 1. The van der Waals surface area contributed by atoms with Gasteiger partial charge in [0.1, 0.15) is 28.9 Å². The third-order valence-electron chi connectivity index (χ3n) is 4.24. The largest absolute Gasteiger partial charge is 0.468 e. The van der Waals surface area contributed by atoms with Crippen LogP contribution in [0.5, 0.6) is 11.5 Å². The second-order valence-electron chi connectivity index (χ2n) is 5.90. The average molecular weight is 358 g/mol. The van der Waals surface area contributed by atoms with Crippen molar-refractivity contribution in [3.05, 3.63) is 95.3 Å². The summed E-state index contributed by atoms with van der Waals surface area (Å²) in [6.07, 6.45) is 1.53. The molecule has 1 aromatic heterocycles. The third-order valence-corrected chi connectivity index (χ3v) is 4.24. The minimum atomic E-state index is -0.479. The number of rotatable bonds is 3. The molecule has 4 rings (SSSR count). The molecule has 6 heteroatoms. The van der Waals surface area contributed by atoms with Crippen molar-refractivity contribution in [2.45, 2.75) is 5.92 Å². The van der Waals surface area contributed by atoms with E-state index < -0.39 is 11.9 Å². The van der Waals surface area contributed by atoms with Gasteiger partial charge in [0.15, 0.2) is 0 Å². The molecule has 0 fully saturated rings. The number of nitrogens with two attached hydrogens (primary N) is 1. The van der Waals surface area contributed by atoms with Gasteiger partial charge in [0.25, 0.3) is 0 Å². The Morgan fingerprint density at radius 1 is 1.11 bits per heavy atom. The summed E-state index contributed by atoms with van der Waals surface area (Å²) in [5.74, 6) is 0.342. The molecule has 0 saturated heterocycles. The highest BCUT2D eigenvalue weighted by molar-refractivity contribution is 5.91. The second-order valence-corrected chi connectivity index (χ2v) is 5.90. The van der Waals surface area contributed by atoms with Crippen molar-refractivity contribution in [1.29, 1.82) is 5.26 Å². The smallest absolute Gasteiger partial charge is 0.343 e. The Morgan fingerprint density at radius 2 is 1.93 bits per heavy atom. The molecule has 0 aliphatic carbocycles. The number of hydrogen-bond acceptors (Lipinski definition) is 6. The number of ether oxygens (including phenoxy) is 2. The number of nitriles is 1. The van der Waals surface area contributed by atoms with E-state index in [1.54, 1.807) is 54.6 Å². The highest BCUT2D eigenvalue weighted by atomic mass is 16.5. The molecule has 3 aromatic rings. The summed E-state index contributed by atoms with van der Waals surface area (Å²) in [6.45, 7) is 0. The molecule has 27 heavy (non-hydrogen) atoms. The number of allylic oxidation sites excluding steroid dienone is 1.